The van der Waals surface area contributed by atoms with Crippen molar-refractivity contribution in [1.29, 1.82) is 0 Å². The fraction of sp³-hybridized carbons (Fsp3) is 0.429. The van der Waals surface area contributed by atoms with Crippen molar-refractivity contribution in [2.24, 2.45) is 11.7 Å². The number of hydrogen-bond acceptors (Lipinski definition) is 3. The minimum absolute atomic E-state index is 0.0339. The summed E-state index contributed by atoms with van der Waals surface area (Å²) in [6.07, 6.45) is 1.77. The first-order valence-electron chi connectivity index (χ1n) is 6.02. The summed E-state index contributed by atoms with van der Waals surface area (Å²) in [5.41, 5.74) is 7.14. The molecule has 1 aromatic rings. The van der Waals surface area contributed by atoms with E-state index < -0.39 is 6.61 Å². The van der Waals surface area contributed by atoms with Gasteiger partial charge in [0.05, 0.1) is 7.11 Å². The molecule has 0 atom stereocenters. The molecule has 0 aliphatic heterocycles. The fourth-order valence-electron chi connectivity index (χ4n) is 1.68. The van der Waals surface area contributed by atoms with Crippen molar-refractivity contribution < 1.29 is 18.3 Å². The van der Waals surface area contributed by atoms with Crippen LogP contribution in [0.25, 0.3) is 6.08 Å². The fourth-order valence-corrected chi connectivity index (χ4v) is 1.68. The predicted octanol–water partition coefficient (Wildman–Crippen LogP) is 3.29. The number of ether oxygens (including phenoxy) is 2. The van der Waals surface area contributed by atoms with Crippen molar-refractivity contribution in [3.05, 3.63) is 29.3 Å². The van der Waals surface area contributed by atoms with Gasteiger partial charge in [-0.1, -0.05) is 37.6 Å². The second-order valence-corrected chi connectivity index (χ2v) is 4.34. The molecule has 0 spiro atoms. The van der Waals surface area contributed by atoms with Gasteiger partial charge in [0, 0.05) is 12.1 Å². The Labute approximate surface area is 112 Å². The Morgan fingerprint density at radius 3 is 2.53 bits per heavy atom. The van der Waals surface area contributed by atoms with E-state index in [9.17, 15) is 8.78 Å². The molecule has 3 nitrogen and oxygen atoms in total. The molecule has 0 unspecified atom stereocenters. The van der Waals surface area contributed by atoms with Gasteiger partial charge in [0.1, 0.15) is 0 Å². The molecule has 0 fully saturated rings. The molecule has 1 aromatic carbocycles. The minimum atomic E-state index is -2.90. The lowest BCUT2D eigenvalue weighted by atomic mass is 10.00. The molecule has 5 heteroatoms. The first kappa shape index (κ1) is 15.4. The molecular formula is C14H19F2NO2. The van der Waals surface area contributed by atoms with E-state index in [1.165, 1.54) is 7.11 Å². The monoisotopic (exact) mass is 271 g/mol. The summed E-state index contributed by atoms with van der Waals surface area (Å²) >= 11 is 0. The smallest absolute Gasteiger partial charge is 0.387 e. The number of benzene rings is 1. The van der Waals surface area contributed by atoms with Crippen molar-refractivity contribution in [1.82, 2.24) is 0 Å². The van der Waals surface area contributed by atoms with E-state index in [0.29, 0.717) is 12.1 Å². The average Bonchev–Trinajstić information content (AvgIpc) is 2.36. The molecule has 2 N–H and O–H groups in total. The van der Waals surface area contributed by atoms with E-state index in [0.717, 1.165) is 5.57 Å². The Kier molecular flexibility index (Phi) is 5.76. The highest BCUT2D eigenvalue weighted by molar-refractivity contribution is 5.64. The third-order valence-electron chi connectivity index (χ3n) is 2.75. The van der Waals surface area contributed by atoms with Gasteiger partial charge in [-0.2, -0.15) is 8.78 Å². The molecule has 0 heterocycles. The van der Waals surface area contributed by atoms with Gasteiger partial charge in [0.15, 0.2) is 11.5 Å². The summed E-state index contributed by atoms with van der Waals surface area (Å²) in [6, 6.07) is 4.99. The van der Waals surface area contributed by atoms with Crippen LogP contribution in [0.2, 0.25) is 0 Å². The molecule has 0 radical (unpaired) electrons. The lowest BCUT2D eigenvalue weighted by Crippen LogP contribution is -2.09. The molecule has 0 aromatic heterocycles. The van der Waals surface area contributed by atoms with Gasteiger partial charge in [0.25, 0.3) is 0 Å². The zero-order chi connectivity index (χ0) is 14.4. The molecule has 106 valence electrons. The molecular weight excluding hydrogens is 252 g/mol. The summed E-state index contributed by atoms with van der Waals surface area (Å²) in [7, 11) is 1.41. The van der Waals surface area contributed by atoms with Crippen LogP contribution >= 0.6 is 0 Å². The summed E-state index contributed by atoms with van der Waals surface area (Å²) < 4.78 is 34.5. The molecule has 0 aliphatic rings. The minimum Gasteiger partial charge on any atom is -0.493 e. The van der Waals surface area contributed by atoms with E-state index >= 15 is 0 Å². The number of rotatable bonds is 6. The van der Waals surface area contributed by atoms with Gasteiger partial charge in [-0.25, -0.2) is 0 Å². The Morgan fingerprint density at radius 2 is 2.05 bits per heavy atom. The maximum atomic E-state index is 12.5. The van der Waals surface area contributed by atoms with Gasteiger partial charge < -0.3 is 15.2 Å². The van der Waals surface area contributed by atoms with Crippen LogP contribution in [0.15, 0.2) is 23.8 Å². The van der Waals surface area contributed by atoms with Crippen molar-refractivity contribution in [3.8, 4) is 11.5 Å². The number of halogens is 2. The van der Waals surface area contributed by atoms with Crippen LogP contribution in [0.1, 0.15) is 19.4 Å². The topological polar surface area (TPSA) is 44.5 Å². The number of para-hydroxylation sites is 1. The van der Waals surface area contributed by atoms with Crippen LogP contribution < -0.4 is 15.2 Å². The lowest BCUT2D eigenvalue weighted by molar-refractivity contribution is -0.0513. The van der Waals surface area contributed by atoms with E-state index in [4.69, 9.17) is 10.5 Å². The first-order valence-corrected chi connectivity index (χ1v) is 6.02. The second kappa shape index (κ2) is 7.09. The van der Waals surface area contributed by atoms with E-state index in [1.807, 2.05) is 13.8 Å². The van der Waals surface area contributed by atoms with Crippen molar-refractivity contribution in [2.75, 3.05) is 13.7 Å². The molecule has 0 saturated heterocycles. The molecule has 0 saturated carbocycles. The van der Waals surface area contributed by atoms with Crippen molar-refractivity contribution in [3.63, 3.8) is 0 Å². The molecule has 0 bridgehead atoms. The number of alkyl halides is 2. The highest BCUT2D eigenvalue weighted by atomic mass is 19.3. The van der Waals surface area contributed by atoms with Crippen LogP contribution in [-0.4, -0.2) is 20.3 Å². The standard InChI is InChI=1S/C14H19F2NO2/c1-9(2)11(8-17)7-10-5-4-6-12(18-3)13(10)19-14(15)16/h4-7,9,14H,8,17H2,1-3H3. The normalized spacial score (nSPS) is 12.1. The SMILES string of the molecule is COc1cccc(C=C(CN)C(C)C)c1OC(F)F. The van der Waals surface area contributed by atoms with Crippen LogP contribution in [0.3, 0.4) is 0 Å². The maximum absolute atomic E-state index is 12.5. The van der Waals surface area contributed by atoms with Gasteiger partial charge in [-0.3, -0.25) is 0 Å². The molecule has 19 heavy (non-hydrogen) atoms. The highest BCUT2D eigenvalue weighted by Crippen LogP contribution is 2.34. The van der Waals surface area contributed by atoms with E-state index in [2.05, 4.69) is 4.74 Å². The first-order chi connectivity index (χ1) is 8.99. The van der Waals surface area contributed by atoms with Crippen molar-refractivity contribution in [2.45, 2.75) is 20.5 Å². The molecule has 0 amide bonds. The third kappa shape index (κ3) is 4.21. The maximum Gasteiger partial charge on any atom is 0.387 e. The largest absolute Gasteiger partial charge is 0.493 e. The van der Waals surface area contributed by atoms with E-state index in [-0.39, 0.29) is 17.4 Å². The second-order valence-electron chi connectivity index (χ2n) is 4.34. The van der Waals surface area contributed by atoms with Crippen LogP contribution in [0.4, 0.5) is 8.78 Å². The average molecular weight is 271 g/mol. The number of methoxy groups -OCH3 is 1. The Morgan fingerprint density at radius 1 is 1.37 bits per heavy atom. The van der Waals surface area contributed by atoms with Crippen LogP contribution in [0, 0.1) is 5.92 Å². The summed E-state index contributed by atoms with van der Waals surface area (Å²) in [5, 5.41) is 0. The molecule has 0 aliphatic carbocycles. The summed E-state index contributed by atoms with van der Waals surface area (Å²) in [5.74, 6) is 0.538. The van der Waals surface area contributed by atoms with Gasteiger partial charge >= 0.3 is 6.61 Å². The Balaban J connectivity index is 3.25. The Hall–Kier alpha value is -1.62. The predicted molar refractivity (Wildman–Crippen MR) is 71.5 cm³/mol. The van der Waals surface area contributed by atoms with E-state index in [1.54, 1.807) is 24.3 Å². The zero-order valence-electron chi connectivity index (χ0n) is 11.3. The van der Waals surface area contributed by atoms with Crippen LogP contribution in [0.5, 0.6) is 11.5 Å². The highest BCUT2D eigenvalue weighted by Gasteiger charge is 2.15. The number of nitrogens with two attached hydrogens (primary N) is 1. The van der Waals surface area contributed by atoms with Gasteiger partial charge in [-0.15, -0.1) is 0 Å². The van der Waals surface area contributed by atoms with Gasteiger partial charge in [0.2, 0.25) is 0 Å². The summed E-state index contributed by atoms with van der Waals surface area (Å²) in [6.45, 7) is 1.45. The van der Waals surface area contributed by atoms with Crippen LogP contribution in [-0.2, 0) is 0 Å². The van der Waals surface area contributed by atoms with Gasteiger partial charge in [-0.05, 0) is 12.0 Å². The third-order valence-corrected chi connectivity index (χ3v) is 2.75. The molecule has 1 rings (SSSR count). The number of hydrogen-bond donors (Lipinski definition) is 1. The lowest BCUT2D eigenvalue weighted by Gasteiger charge is -2.14. The zero-order valence-corrected chi connectivity index (χ0v) is 11.3. The quantitative estimate of drug-likeness (QED) is 0.863. The van der Waals surface area contributed by atoms with Crippen molar-refractivity contribution >= 4 is 6.08 Å². The Bertz CT molecular complexity index is 445. The summed E-state index contributed by atoms with van der Waals surface area (Å²) in [4.78, 5) is 0.